The molecule has 3 nitrogen and oxygen atoms in total. The average Bonchev–Trinajstić information content (AvgIpc) is 2.32. The Morgan fingerprint density at radius 1 is 1.18 bits per heavy atom. The molecular formula is C13H17FN2O. The Morgan fingerprint density at radius 3 is 2.47 bits per heavy atom. The molecule has 0 atom stereocenters. The molecule has 1 N–H and O–H groups in total. The zero-order valence-electron chi connectivity index (χ0n) is 9.79. The van der Waals surface area contributed by atoms with Gasteiger partial charge in [-0.25, -0.2) is 4.39 Å². The van der Waals surface area contributed by atoms with Crippen molar-refractivity contribution in [1.29, 1.82) is 0 Å². The molecule has 3 rings (SSSR count). The van der Waals surface area contributed by atoms with Crippen molar-refractivity contribution >= 4 is 0 Å². The topological polar surface area (TPSA) is 24.5 Å². The Hall–Kier alpha value is -0.970. The lowest BCUT2D eigenvalue weighted by atomic mass is 9.85. The molecule has 92 valence electrons. The van der Waals surface area contributed by atoms with Crippen molar-refractivity contribution in [1.82, 2.24) is 10.2 Å². The molecular weight excluding hydrogens is 219 g/mol. The van der Waals surface area contributed by atoms with Gasteiger partial charge in [-0.3, -0.25) is 4.90 Å². The number of nitrogens with one attached hydrogen (secondary N) is 1. The Bertz CT molecular complexity index is 400. The van der Waals surface area contributed by atoms with Gasteiger partial charge in [0.15, 0.2) is 0 Å². The summed E-state index contributed by atoms with van der Waals surface area (Å²) in [7, 11) is 0. The lowest BCUT2D eigenvalue weighted by Gasteiger charge is -2.51. The highest BCUT2D eigenvalue weighted by molar-refractivity contribution is 5.29. The van der Waals surface area contributed by atoms with Gasteiger partial charge in [0.25, 0.3) is 0 Å². The van der Waals surface area contributed by atoms with Gasteiger partial charge in [-0.05, 0) is 6.07 Å². The second kappa shape index (κ2) is 4.37. The standard InChI is InChI=1S/C13H17FN2O/c14-12-4-2-1-3-11(12)13(9-17-10-13)16-7-5-15-6-8-16/h1-4,15H,5-10H2. The smallest absolute Gasteiger partial charge is 0.128 e. The molecule has 0 aliphatic carbocycles. The van der Waals surface area contributed by atoms with E-state index in [2.05, 4.69) is 10.2 Å². The van der Waals surface area contributed by atoms with E-state index in [9.17, 15) is 4.39 Å². The monoisotopic (exact) mass is 236 g/mol. The van der Waals surface area contributed by atoms with Crippen molar-refractivity contribution < 1.29 is 9.13 Å². The third kappa shape index (κ3) is 1.76. The fourth-order valence-corrected chi connectivity index (χ4v) is 2.74. The second-order valence-electron chi connectivity index (χ2n) is 4.74. The number of ether oxygens (including phenoxy) is 1. The Morgan fingerprint density at radius 2 is 1.88 bits per heavy atom. The molecule has 0 saturated carbocycles. The fraction of sp³-hybridized carbons (Fsp3) is 0.538. The van der Waals surface area contributed by atoms with Crippen LogP contribution in [0.3, 0.4) is 0 Å². The van der Waals surface area contributed by atoms with Crippen LogP contribution in [-0.4, -0.2) is 44.3 Å². The SMILES string of the molecule is Fc1ccccc1C1(N2CCNCC2)COC1. The third-order valence-corrected chi connectivity index (χ3v) is 3.78. The third-order valence-electron chi connectivity index (χ3n) is 3.78. The minimum Gasteiger partial charge on any atom is -0.377 e. The van der Waals surface area contributed by atoms with E-state index >= 15 is 0 Å². The summed E-state index contributed by atoms with van der Waals surface area (Å²) in [6, 6.07) is 7.07. The van der Waals surface area contributed by atoms with Gasteiger partial charge in [0.2, 0.25) is 0 Å². The molecule has 2 aliphatic heterocycles. The first-order valence-corrected chi connectivity index (χ1v) is 6.11. The largest absolute Gasteiger partial charge is 0.377 e. The van der Waals surface area contributed by atoms with Crippen molar-refractivity contribution in [3.05, 3.63) is 35.6 Å². The molecule has 17 heavy (non-hydrogen) atoms. The summed E-state index contributed by atoms with van der Waals surface area (Å²) in [5.74, 6) is -0.116. The van der Waals surface area contributed by atoms with Gasteiger partial charge in [-0.15, -0.1) is 0 Å². The molecule has 1 aromatic carbocycles. The van der Waals surface area contributed by atoms with Crippen LogP contribution in [0.1, 0.15) is 5.56 Å². The van der Waals surface area contributed by atoms with E-state index in [4.69, 9.17) is 4.74 Å². The summed E-state index contributed by atoms with van der Waals surface area (Å²) < 4.78 is 19.3. The molecule has 0 radical (unpaired) electrons. The summed E-state index contributed by atoms with van der Waals surface area (Å²) in [5, 5.41) is 3.32. The van der Waals surface area contributed by atoms with Crippen molar-refractivity contribution in [2.75, 3.05) is 39.4 Å². The van der Waals surface area contributed by atoms with Crippen LogP contribution in [-0.2, 0) is 10.3 Å². The van der Waals surface area contributed by atoms with Gasteiger partial charge in [-0.1, -0.05) is 18.2 Å². The molecule has 2 aliphatic rings. The maximum Gasteiger partial charge on any atom is 0.128 e. The number of halogens is 1. The quantitative estimate of drug-likeness (QED) is 0.827. The zero-order valence-corrected chi connectivity index (χ0v) is 9.79. The first kappa shape index (κ1) is 11.1. The maximum atomic E-state index is 14.0. The molecule has 4 heteroatoms. The summed E-state index contributed by atoms with van der Waals surface area (Å²) in [5.41, 5.74) is 0.557. The van der Waals surface area contributed by atoms with Crippen LogP contribution in [0.25, 0.3) is 0 Å². The molecule has 0 unspecified atom stereocenters. The van der Waals surface area contributed by atoms with Crippen molar-refractivity contribution in [3.63, 3.8) is 0 Å². The lowest BCUT2D eigenvalue weighted by molar-refractivity contribution is -0.151. The first-order valence-electron chi connectivity index (χ1n) is 6.11. The molecule has 2 heterocycles. The average molecular weight is 236 g/mol. The predicted octanol–water partition coefficient (Wildman–Crippen LogP) is 0.956. The van der Waals surface area contributed by atoms with Gasteiger partial charge < -0.3 is 10.1 Å². The van der Waals surface area contributed by atoms with Gasteiger partial charge in [0.1, 0.15) is 5.82 Å². The zero-order chi connectivity index (χ0) is 11.7. The summed E-state index contributed by atoms with van der Waals surface area (Å²) in [6.07, 6.45) is 0. The number of hydrogen-bond acceptors (Lipinski definition) is 3. The van der Waals surface area contributed by atoms with Crippen LogP contribution in [0.5, 0.6) is 0 Å². The van der Waals surface area contributed by atoms with Crippen LogP contribution in [0.2, 0.25) is 0 Å². The molecule has 0 bridgehead atoms. The van der Waals surface area contributed by atoms with Crippen LogP contribution >= 0.6 is 0 Å². The van der Waals surface area contributed by atoms with Gasteiger partial charge in [0, 0.05) is 31.7 Å². The highest BCUT2D eigenvalue weighted by Crippen LogP contribution is 2.37. The van der Waals surface area contributed by atoms with E-state index in [1.165, 1.54) is 6.07 Å². The van der Waals surface area contributed by atoms with Crippen LogP contribution in [0.4, 0.5) is 4.39 Å². The predicted molar refractivity (Wildman–Crippen MR) is 63.3 cm³/mol. The number of nitrogens with zero attached hydrogens (tertiary/aromatic N) is 1. The Labute approximate surface area is 101 Å². The van der Waals surface area contributed by atoms with E-state index in [0.717, 1.165) is 31.7 Å². The van der Waals surface area contributed by atoms with Gasteiger partial charge >= 0.3 is 0 Å². The van der Waals surface area contributed by atoms with Gasteiger partial charge in [-0.2, -0.15) is 0 Å². The molecule has 0 spiro atoms. The number of piperazine rings is 1. The molecule has 2 saturated heterocycles. The highest BCUT2D eigenvalue weighted by atomic mass is 19.1. The number of benzene rings is 1. The van der Waals surface area contributed by atoms with Crippen LogP contribution in [0.15, 0.2) is 24.3 Å². The summed E-state index contributed by atoms with van der Waals surface area (Å²) in [6.45, 7) is 5.06. The van der Waals surface area contributed by atoms with E-state index < -0.39 is 0 Å². The summed E-state index contributed by atoms with van der Waals surface area (Å²) in [4.78, 5) is 2.35. The van der Waals surface area contributed by atoms with E-state index in [0.29, 0.717) is 13.2 Å². The minimum absolute atomic E-state index is 0.116. The van der Waals surface area contributed by atoms with Crippen LogP contribution < -0.4 is 5.32 Å². The number of hydrogen-bond donors (Lipinski definition) is 1. The second-order valence-corrected chi connectivity index (χ2v) is 4.74. The Kier molecular flexibility index (Phi) is 2.86. The summed E-state index contributed by atoms with van der Waals surface area (Å²) >= 11 is 0. The Balaban J connectivity index is 1.93. The van der Waals surface area contributed by atoms with E-state index in [1.807, 2.05) is 12.1 Å². The maximum absolute atomic E-state index is 14.0. The fourth-order valence-electron chi connectivity index (χ4n) is 2.74. The van der Waals surface area contributed by atoms with Gasteiger partial charge in [0.05, 0.1) is 18.8 Å². The minimum atomic E-state index is -0.229. The van der Waals surface area contributed by atoms with E-state index in [-0.39, 0.29) is 11.4 Å². The van der Waals surface area contributed by atoms with Crippen LogP contribution in [0, 0.1) is 5.82 Å². The highest BCUT2D eigenvalue weighted by Gasteiger charge is 2.47. The first-order chi connectivity index (χ1) is 8.33. The number of rotatable bonds is 2. The normalized spacial score (nSPS) is 24.3. The molecule has 2 fully saturated rings. The molecule has 1 aromatic rings. The molecule has 0 aromatic heterocycles. The molecule has 0 amide bonds. The van der Waals surface area contributed by atoms with Crippen molar-refractivity contribution in [2.45, 2.75) is 5.54 Å². The van der Waals surface area contributed by atoms with E-state index in [1.54, 1.807) is 6.07 Å². The lowest BCUT2D eigenvalue weighted by Crippen LogP contribution is -2.63. The van der Waals surface area contributed by atoms with Crippen molar-refractivity contribution in [2.24, 2.45) is 0 Å². The van der Waals surface area contributed by atoms with Crippen molar-refractivity contribution in [3.8, 4) is 0 Å².